The second kappa shape index (κ2) is 8.60. The maximum atomic E-state index is 8.96. The van der Waals surface area contributed by atoms with Crippen LogP contribution in [0.1, 0.15) is 12.0 Å². The zero-order valence-corrected chi connectivity index (χ0v) is 15.2. The Morgan fingerprint density at radius 2 is 1.88 bits per heavy atom. The average Bonchev–Trinajstić information content (AvgIpc) is 2.65. The van der Waals surface area contributed by atoms with E-state index in [2.05, 4.69) is 25.6 Å². The van der Waals surface area contributed by atoms with E-state index in [9.17, 15) is 0 Å². The molecule has 0 saturated carbocycles. The molecule has 7 heteroatoms. The van der Waals surface area contributed by atoms with E-state index in [0.29, 0.717) is 29.8 Å². The number of aryl methyl sites for hydroxylation is 1. The number of nitrogens with one attached hydrogen (secondary N) is 2. The molecule has 6 nitrogen and oxygen atoms in total. The van der Waals surface area contributed by atoms with E-state index >= 15 is 0 Å². The molecule has 3 rings (SSSR count). The Morgan fingerprint density at radius 3 is 2.62 bits per heavy atom. The molecule has 0 radical (unpaired) electrons. The molecule has 0 aliphatic rings. The Balaban J connectivity index is 1.93. The van der Waals surface area contributed by atoms with E-state index in [1.165, 1.54) is 0 Å². The summed E-state index contributed by atoms with van der Waals surface area (Å²) in [6.07, 6.45) is 4.07. The summed E-state index contributed by atoms with van der Waals surface area (Å²) in [5, 5.41) is 16.0. The number of hydrogen-bond acceptors (Lipinski definition) is 6. The number of benzene rings is 1. The maximum Gasteiger partial charge on any atom is 0.225 e. The van der Waals surface area contributed by atoms with Crippen molar-refractivity contribution >= 4 is 29.1 Å². The predicted octanol–water partition coefficient (Wildman–Crippen LogP) is 4.04. The topological polar surface area (TPSA) is 83.0 Å². The first-order valence-corrected chi connectivity index (χ1v) is 8.71. The molecule has 2 heterocycles. The smallest absolute Gasteiger partial charge is 0.225 e. The third-order valence-electron chi connectivity index (χ3n) is 3.71. The SMILES string of the molecule is Cc1ccc(Nc2cc(-c3ccncc3)nc(NCCCO)n2)c(Cl)c1. The van der Waals surface area contributed by atoms with Gasteiger partial charge in [0.25, 0.3) is 0 Å². The molecule has 0 aliphatic carbocycles. The van der Waals surface area contributed by atoms with Crippen LogP contribution >= 0.6 is 11.6 Å². The fourth-order valence-electron chi connectivity index (χ4n) is 2.40. The number of hydrogen-bond donors (Lipinski definition) is 3. The maximum absolute atomic E-state index is 8.96. The van der Waals surface area contributed by atoms with Crippen LogP contribution in [0.15, 0.2) is 48.8 Å². The third kappa shape index (κ3) is 4.68. The van der Waals surface area contributed by atoms with Gasteiger partial charge in [0.15, 0.2) is 0 Å². The third-order valence-corrected chi connectivity index (χ3v) is 4.02. The number of halogens is 1. The Hall–Kier alpha value is -2.70. The molecule has 0 saturated heterocycles. The minimum absolute atomic E-state index is 0.112. The second-order valence-corrected chi connectivity index (χ2v) is 6.22. The first-order valence-electron chi connectivity index (χ1n) is 8.33. The van der Waals surface area contributed by atoms with Gasteiger partial charge in [-0.2, -0.15) is 4.98 Å². The molecule has 3 N–H and O–H groups in total. The van der Waals surface area contributed by atoms with Gasteiger partial charge in [0.1, 0.15) is 5.82 Å². The monoisotopic (exact) mass is 369 g/mol. The first kappa shape index (κ1) is 18.1. The van der Waals surface area contributed by atoms with Crippen LogP contribution in [0.5, 0.6) is 0 Å². The van der Waals surface area contributed by atoms with Crippen molar-refractivity contribution in [1.29, 1.82) is 0 Å². The van der Waals surface area contributed by atoms with Crippen molar-refractivity contribution in [2.75, 3.05) is 23.8 Å². The van der Waals surface area contributed by atoms with Crippen molar-refractivity contribution in [3.8, 4) is 11.3 Å². The first-order chi connectivity index (χ1) is 12.7. The molecular weight excluding hydrogens is 350 g/mol. The summed E-state index contributed by atoms with van der Waals surface area (Å²) in [5.41, 5.74) is 3.57. The number of anilines is 3. The number of rotatable bonds is 7. The minimum atomic E-state index is 0.112. The molecule has 0 fully saturated rings. The molecule has 0 unspecified atom stereocenters. The summed E-state index contributed by atoms with van der Waals surface area (Å²) in [5.74, 6) is 1.11. The van der Waals surface area contributed by atoms with Crippen LogP contribution in [0.25, 0.3) is 11.3 Å². The van der Waals surface area contributed by atoms with Gasteiger partial charge in [-0.05, 0) is 43.2 Å². The van der Waals surface area contributed by atoms with Gasteiger partial charge in [0.2, 0.25) is 5.95 Å². The predicted molar refractivity (Wildman–Crippen MR) is 105 cm³/mol. The van der Waals surface area contributed by atoms with Crippen LogP contribution in [0.3, 0.4) is 0 Å². The van der Waals surface area contributed by atoms with Gasteiger partial charge in [0, 0.05) is 37.2 Å². The average molecular weight is 370 g/mol. The summed E-state index contributed by atoms with van der Waals surface area (Å²) in [4.78, 5) is 13.1. The number of aliphatic hydroxyl groups is 1. The van der Waals surface area contributed by atoms with E-state index in [1.54, 1.807) is 12.4 Å². The largest absolute Gasteiger partial charge is 0.396 e. The van der Waals surface area contributed by atoms with Crippen LogP contribution in [-0.2, 0) is 0 Å². The number of nitrogens with zero attached hydrogens (tertiary/aromatic N) is 3. The molecule has 0 atom stereocenters. The van der Waals surface area contributed by atoms with Crippen LogP contribution in [0, 0.1) is 6.92 Å². The van der Waals surface area contributed by atoms with Crippen LogP contribution in [0.4, 0.5) is 17.5 Å². The van der Waals surface area contributed by atoms with E-state index in [4.69, 9.17) is 16.7 Å². The molecule has 0 amide bonds. The molecule has 1 aromatic carbocycles. The van der Waals surface area contributed by atoms with Gasteiger partial charge in [-0.25, -0.2) is 4.98 Å². The van der Waals surface area contributed by atoms with Crippen molar-refractivity contribution < 1.29 is 5.11 Å². The fraction of sp³-hybridized carbons (Fsp3) is 0.211. The van der Waals surface area contributed by atoms with Crippen molar-refractivity contribution in [2.45, 2.75) is 13.3 Å². The van der Waals surface area contributed by atoms with Gasteiger partial charge in [-0.3, -0.25) is 4.98 Å². The molecule has 0 spiro atoms. The molecule has 3 aromatic rings. The highest BCUT2D eigenvalue weighted by atomic mass is 35.5. The Bertz CT molecular complexity index is 873. The fourth-order valence-corrected chi connectivity index (χ4v) is 2.68. The number of aliphatic hydroxyl groups excluding tert-OH is 1. The zero-order chi connectivity index (χ0) is 18.4. The minimum Gasteiger partial charge on any atom is -0.396 e. The van der Waals surface area contributed by atoms with Gasteiger partial charge in [-0.1, -0.05) is 17.7 Å². The summed E-state index contributed by atoms with van der Waals surface area (Å²) >= 11 is 6.32. The summed E-state index contributed by atoms with van der Waals surface area (Å²) in [7, 11) is 0. The van der Waals surface area contributed by atoms with E-state index in [-0.39, 0.29) is 6.61 Å². The lowest BCUT2D eigenvalue weighted by Crippen LogP contribution is -2.08. The van der Waals surface area contributed by atoms with Crippen molar-refractivity contribution in [3.63, 3.8) is 0 Å². The van der Waals surface area contributed by atoms with Crippen LogP contribution < -0.4 is 10.6 Å². The summed E-state index contributed by atoms with van der Waals surface area (Å²) < 4.78 is 0. The van der Waals surface area contributed by atoms with Crippen molar-refractivity contribution in [2.24, 2.45) is 0 Å². The molecule has 0 bridgehead atoms. The number of aromatic nitrogens is 3. The van der Waals surface area contributed by atoms with Crippen LogP contribution in [0.2, 0.25) is 5.02 Å². The highest BCUT2D eigenvalue weighted by Crippen LogP contribution is 2.28. The van der Waals surface area contributed by atoms with Crippen LogP contribution in [-0.4, -0.2) is 33.2 Å². The second-order valence-electron chi connectivity index (χ2n) is 5.81. The Kier molecular flexibility index (Phi) is 5.99. The molecular formula is C19H20ClN5O. The molecule has 26 heavy (non-hydrogen) atoms. The zero-order valence-electron chi connectivity index (χ0n) is 14.4. The normalized spacial score (nSPS) is 10.6. The lowest BCUT2D eigenvalue weighted by Gasteiger charge is -2.12. The van der Waals surface area contributed by atoms with Gasteiger partial charge < -0.3 is 15.7 Å². The molecule has 2 aromatic heterocycles. The Labute approximate surface area is 157 Å². The lowest BCUT2D eigenvalue weighted by atomic mass is 10.2. The van der Waals surface area contributed by atoms with Crippen molar-refractivity contribution in [1.82, 2.24) is 15.0 Å². The van der Waals surface area contributed by atoms with Gasteiger partial charge in [0.05, 0.1) is 16.4 Å². The van der Waals surface area contributed by atoms with Crippen molar-refractivity contribution in [3.05, 3.63) is 59.4 Å². The quantitative estimate of drug-likeness (QED) is 0.545. The van der Waals surface area contributed by atoms with Gasteiger partial charge >= 0.3 is 0 Å². The molecule has 134 valence electrons. The Morgan fingerprint density at radius 1 is 1.08 bits per heavy atom. The van der Waals surface area contributed by atoms with Gasteiger partial charge in [-0.15, -0.1) is 0 Å². The molecule has 0 aliphatic heterocycles. The number of pyridine rings is 1. The lowest BCUT2D eigenvalue weighted by molar-refractivity contribution is 0.292. The van der Waals surface area contributed by atoms with E-state index in [0.717, 1.165) is 22.5 Å². The summed E-state index contributed by atoms with van der Waals surface area (Å²) in [6.45, 7) is 2.69. The summed E-state index contributed by atoms with van der Waals surface area (Å²) in [6, 6.07) is 11.5. The standard InChI is InChI=1S/C19H20ClN5O/c1-13-3-4-16(15(20)11-13)23-18-12-17(14-5-8-21-9-6-14)24-19(25-18)22-7-2-10-26/h3-6,8-9,11-12,26H,2,7,10H2,1H3,(H2,22,23,24,25). The van der Waals surface area contributed by atoms with E-state index < -0.39 is 0 Å². The van der Waals surface area contributed by atoms with E-state index in [1.807, 2.05) is 43.3 Å². The highest BCUT2D eigenvalue weighted by molar-refractivity contribution is 6.33. The highest BCUT2D eigenvalue weighted by Gasteiger charge is 2.09.